The lowest BCUT2D eigenvalue weighted by Crippen LogP contribution is -2.29. The zero-order valence-corrected chi connectivity index (χ0v) is 16.1. The number of rotatable bonds is 8. The van der Waals surface area contributed by atoms with Crippen LogP contribution >= 0.6 is 0 Å². The Morgan fingerprint density at radius 3 is 2.46 bits per heavy atom. The lowest BCUT2D eigenvalue weighted by Gasteiger charge is -2.15. The van der Waals surface area contributed by atoms with Gasteiger partial charge < -0.3 is 10.6 Å². The molecular formula is C19H22FN3O4S. The lowest BCUT2D eigenvalue weighted by molar-refractivity contribution is -0.121. The monoisotopic (exact) mass is 407 g/mol. The zero-order chi connectivity index (χ0) is 20.7. The van der Waals surface area contributed by atoms with Crippen LogP contribution in [0.2, 0.25) is 0 Å². The molecule has 0 heterocycles. The Morgan fingerprint density at radius 1 is 1.14 bits per heavy atom. The van der Waals surface area contributed by atoms with Gasteiger partial charge in [0.25, 0.3) is 5.91 Å². The molecule has 0 aliphatic carbocycles. The minimum absolute atomic E-state index is 0.0189. The first kappa shape index (κ1) is 21.5. The first-order valence-corrected chi connectivity index (χ1v) is 10.2. The van der Waals surface area contributed by atoms with Crippen LogP contribution in [0.15, 0.2) is 53.4 Å². The Kier molecular flexibility index (Phi) is 7.24. The van der Waals surface area contributed by atoms with Gasteiger partial charge in [0.05, 0.1) is 10.9 Å². The lowest BCUT2D eigenvalue weighted by atomic mass is 10.1. The number of hydrogen-bond donors (Lipinski definition) is 3. The summed E-state index contributed by atoms with van der Waals surface area (Å²) in [5, 5.41) is 10.5. The van der Waals surface area contributed by atoms with Gasteiger partial charge in [0.1, 0.15) is 5.82 Å². The van der Waals surface area contributed by atoms with Crippen molar-refractivity contribution in [1.82, 2.24) is 10.6 Å². The normalized spacial score (nSPS) is 12.2. The molecule has 0 bridgehead atoms. The summed E-state index contributed by atoms with van der Waals surface area (Å²) in [7, 11) is -3.81. The average molecular weight is 407 g/mol. The minimum atomic E-state index is -3.81. The van der Waals surface area contributed by atoms with E-state index in [0.29, 0.717) is 24.1 Å². The van der Waals surface area contributed by atoms with Gasteiger partial charge in [-0.2, -0.15) is 0 Å². The van der Waals surface area contributed by atoms with Crippen molar-refractivity contribution in [3.05, 3.63) is 65.5 Å². The predicted molar refractivity (Wildman–Crippen MR) is 102 cm³/mol. The molecule has 0 spiro atoms. The SMILES string of the molecule is CC(NC(=O)CCCNC(=O)c1ccc(F)cc1)c1cccc(S(N)(=O)=O)c1. The second-order valence-corrected chi connectivity index (χ2v) is 7.83. The molecule has 0 aliphatic rings. The fourth-order valence-corrected chi connectivity index (χ4v) is 3.08. The highest BCUT2D eigenvalue weighted by molar-refractivity contribution is 7.89. The summed E-state index contributed by atoms with van der Waals surface area (Å²) in [6, 6.07) is 10.8. The number of nitrogens with one attached hydrogen (secondary N) is 2. The van der Waals surface area contributed by atoms with E-state index in [2.05, 4.69) is 10.6 Å². The second-order valence-electron chi connectivity index (χ2n) is 6.27. The summed E-state index contributed by atoms with van der Waals surface area (Å²) in [4.78, 5) is 23.9. The first-order valence-electron chi connectivity index (χ1n) is 8.62. The Balaban J connectivity index is 1.78. The van der Waals surface area contributed by atoms with Crippen molar-refractivity contribution >= 4 is 21.8 Å². The third-order valence-electron chi connectivity index (χ3n) is 4.04. The fraction of sp³-hybridized carbons (Fsp3) is 0.263. The minimum Gasteiger partial charge on any atom is -0.352 e. The van der Waals surface area contributed by atoms with E-state index in [1.807, 2.05) is 0 Å². The highest BCUT2D eigenvalue weighted by Crippen LogP contribution is 2.16. The smallest absolute Gasteiger partial charge is 0.251 e. The maximum absolute atomic E-state index is 12.8. The molecule has 0 saturated carbocycles. The van der Waals surface area contributed by atoms with Crippen LogP contribution < -0.4 is 15.8 Å². The summed E-state index contributed by atoms with van der Waals surface area (Å²) >= 11 is 0. The van der Waals surface area contributed by atoms with Gasteiger partial charge in [-0.15, -0.1) is 0 Å². The predicted octanol–water partition coefficient (Wildman–Crippen LogP) is 1.86. The highest BCUT2D eigenvalue weighted by Gasteiger charge is 2.13. The van der Waals surface area contributed by atoms with Crippen LogP contribution in [0.4, 0.5) is 4.39 Å². The van der Waals surface area contributed by atoms with Gasteiger partial charge in [-0.1, -0.05) is 12.1 Å². The topological polar surface area (TPSA) is 118 Å². The summed E-state index contributed by atoms with van der Waals surface area (Å²) in [5.41, 5.74) is 0.957. The number of primary sulfonamides is 1. The zero-order valence-electron chi connectivity index (χ0n) is 15.3. The molecule has 28 heavy (non-hydrogen) atoms. The maximum Gasteiger partial charge on any atom is 0.251 e. The number of carbonyl (C=O) groups is 2. The van der Waals surface area contributed by atoms with Crippen LogP contribution in [-0.4, -0.2) is 26.8 Å². The quantitative estimate of drug-likeness (QED) is 0.579. The van der Waals surface area contributed by atoms with E-state index in [9.17, 15) is 22.4 Å². The van der Waals surface area contributed by atoms with E-state index >= 15 is 0 Å². The maximum atomic E-state index is 12.8. The van der Waals surface area contributed by atoms with E-state index in [4.69, 9.17) is 5.14 Å². The third kappa shape index (κ3) is 6.43. The summed E-state index contributed by atoms with van der Waals surface area (Å²) in [6.45, 7) is 2.02. The van der Waals surface area contributed by atoms with Gasteiger partial charge in [-0.3, -0.25) is 9.59 Å². The molecule has 0 radical (unpaired) electrons. The van der Waals surface area contributed by atoms with Crippen molar-refractivity contribution in [3.8, 4) is 0 Å². The van der Waals surface area contributed by atoms with Crippen molar-refractivity contribution in [2.45, 2.75) is 30.7 Å². The Labute approximate surface area is 163 Å². The highest BCUT2D eigenvalue weighted by atomic mass is 32.2. The van der Waals surface area contributed by atoms with E-state index in [0.717, 1.165) is 0 Å². The molecule has 2 aromatic rings. The molecule has 0 aliphatic heterocycles. The molecule has 150 valence electrons. The fourth-order valence-electron chi connectivity index (χ4n) is 2.51. The summed E-state index contributed by atoms with van der Waals surface area (Å²) < 4.78 is 35.7. The van der Waals surface area contributed by atoms with Crippen molar-refractivity contribution in [2.75, 3.05) is 6.54 Å². The summed E-state index contributed by atoms with van der Waals surface area (Å²) in [6.07, 6.45) is 0.603. The van der Waals surface area contributed by atoms with Crippen molar-refractivity contribution in [3.63, 3.8) is 0 Å². The Hall–Kier alpha value is -2.78. The van der Waals surface area contributed by atoms with Gasteiger partial charge >= 0.3 is 0 Å². The molecule has 9 heteroatoms. The van der Waals surface area contributed by atoms with E-state index in [1.165, 1.54) is 36.4 Å². The van der Waals surface area contributed by atoms with E-state index in [1.54, 1.807) is 19.1 Å². The standard InChI is InChI=1S/C19H22FN3O4S/c1-13(15-4-2-5-17(12-15)28(21,26)27)23-18(24)6-3-11-22-19(25)14-7-9-16(20)10-8-14/h2,4-5,7-10,12-13H,3,6,11H2,1H3,(H,22,25)(H,23,24)(H2,21,26,27). The van der Waals surface area contributed by atoms with Gasteiger partial charge in [-0.05, 0) is 55.3 Å². The number of amides is 2. The molecular weight excluding hydrogens is 385 g/mol. The van der Waals surface area contributed by atoms with Crippen molar-refractivity contribution in [1.29, 1.82) is 0 Å². The van der Waals surface area contributed by atoms with Crippen molar-refractivity contribution in [2.24, 2.45) is 5.14 Å². The molecule has 0 fully saturated rings. The van der Waals surface area contributed by atoms with E-state index in [-0.39, 0.29) is 23.1 Å². The molecule has 0 aromatic heterocycles. The third-order valence-corrected chi connectivity index (χ3v) is 4.95. The number of halogens is 1. The number of sulfonamides is 1. The molecule has 4 N–H and O–H groups in total. The van der Waals surface area contributed by atoms with Crippen LogP contribution in [0.5, 0.6) is 0 Å². The number of carbonyl (C=O) groups excluding carboxylic acids is 2. The van der Waals surface area contributed by atoms with Crippen LogP contribution in [0.25, 0.3) is 0 Å². The van der Waals surface area contributed by atoms with E-state index < -0.39 is 21.9 Å². The van der Waals surface area contributed by atoms with Gasteiger partial charge in [0.2, 0.25) is 15.9 Å². The number of hydrogen-bond acceptors (Lipinski definition) is 4. The number of nitrogens with two attached hydrogens (primary N) is 1. The number of benzene rings is 2. The Morgan fingerprint density at radius 2 is 1.82 bits per heavy atom. The average Bonchev–Trinajstić information content (AvgIpc) is 2.65. The van der Waals surface area contributed by atoms with Crippen LogP contribution in [0.3, 0.4) is 0 Å². The van der Waals surface area contributed by atoms with Gasteiger partial charge in [0, 0.05) is 18.5 Å². The van der Waals surface area contributed by atoms with Gasteiger partial charge in [0.15, 0.2) is 0 Å². The van der Waals surface area contributed by atoms with Crippen LogP contribution in [0, 0.1) is 5.82 Å². The van der Waals surface area contributed by atoms with Gasteiger partial charge in [-0.25, -0.2) is 17.9 Å². The Bertz CT molecular complexity index is 946. The molecule has 7 nitrogen and oxygen atoms in total. The molecule has 2 amide bonds. The molecule has 0 saturated heterocycles. The molecule has 1 atom stereocenters. The first-order chi connectivity index (χ1) is 13.2. The second kappa shape index (κ2) is 9.43. The summed E-state index contributed by atoms with van der Waals surface area (Å²) in [5.74, 6) is -0.991. The van der Waals surface area contributed by atoms with Crippen LogP contribution in [-0.2, 0) is 14.8 Å². The molecule has 2 aromatic carbocycles. The molecule has 1 unspecified atom stereocenters. The van der Waals surface area contributed by atoms with Crippen molar-refractivity contribution < 1.29 is 22.4 Å². The molecule has 2 rings (SSSR count). The van der Waals surface area contributed by atoms with Crippen LogP contribution in [0.1, 0.15) is 41.7 Å². The largest absolute Gasteiger partial charge is 0.352 e.